The van der Waals surface area contributed by atoms with Gasteiger partial charge in [-0.25, -0.2) is 14.8 Å². The molecule has 1 aliphatic rings. The van der Waals surface area contributed by atoms with Crippen LogP contribution in [0.15, 0.2) is 42.5 Å². The van der Waals surface area contributed by atoms with Crippen molar-refractivity contribution in [3.63, 3.8) is 0 Å². The Morgan fingerprint density at radius 1 is 1.18 bits per heavy atom. The van der Waals surface area contributed by atoms with Crippen LogP contribution in [0.4, 0.5) is 10.6 Å². The van der Waals surface area contributed by atoms with E-state index in [0.29, 0.717) is 17.9 Å². The second kappa shape index (κ2) is 8.89. The molecule has 4 rings (SSSR count). The second-order valence-corrected chi connectivity index (χ2v) is 10.1. The highest BCUT2D eigenvalue weighted by atomic mass is 16.4. The maximum atomic E-state index is 11.5. The SMILES string of the molecule is Cc1ccc2c(N3CCC[C@H](C(NC(=O)O)C(C)(C)C)C3)nc(-c3ccccc3O)nc2c1. The predicted molar refractivity (Wildman–Crippen MR) is 131 cm³/mol. The van der Waals surface area contributed by atoms with E-state index in [1.807, 2.05) is 25.1 Å². The highest BCUT2D eigenvalue weighted by molar-refractivity contribution is 5.92. The van der Waals surface area contributed by atoms with Crippen LogP contribution >= 0.6 is 0 Å². The number of carboxylic acid groups (broad SMARTS) is 1. The van der Waals surface area contributed by atoms with Crippen LogP contribution in [-0.2, 0) is 0 Å². The summed E-state index contributed by atoms with van der Waals surface area (Å²) >= 11 is 0. The number of aromatic hydroxyl groups is 1. The molecule has 0 saturated carbocycles. The quantitative estimate of drug-likeness (QED) is 0.507. The molecule has 2 aromatic carbocycles. The largest absolute Gasteiger partial charge is 0.507 e. The van der Waals surface area contributed by atoms with Crippen molar-refractivity contribution in [3.8, 4) is 17.1 Å². The van der Waals surface area contributed by atoms with E-state index >= 15 is 0 Å². The highest BCUT2D eigenvalue weighted by Gasteiger charge is 2.36. The van der Waals surface area contributed by atoms with Gasteiger partial charge in [0, 0.05) is 24.5 Å². The number of carbonyl (C=O) groups is 1. The molecule has 1 amide bonds. The monoisotopic (exact) mass is 448 g/mol. The molecule has 0 radical (unpaired) electrons. The van der Waals surface area contributed by atoms with Gasteiger partial charge in [0.05, 0.1) is 11.1 Å². The first-order chi connectivity index (χ1) is 15.6. The Labute approximate surface area is 194 Å². The Hall–Kier alpha value is -3.35. The normalized spacial score (nSPS) is 17.7. The molecule has 3 aromatic rings. The van der Waals surface area contributed by atoms with E-state index < -0.39 is 6.09 Å². The number of fused-ring (bicyclic) bond motifs is 1. The van der Waals surface area contributed by atoms with E-state index in [-0.39, 0.29) is 23.1 Å². The van der Waals surface area contributed by atoms with E-state index in [1.165, 1.54) is 0 Å². The van der Waals surface area contributed by atoms with Crippen molar-refractivity contribution in [3.05, 3.63) is 48.0 Å². The molecule has 7 nitrogen and oxygen atoms in total. The van der Waals surface area contributed by atoms with Crippen molar-refractivity contribution in [1.82, 2.24) is 15.3 Å². The number of anilines is 1. The summed E-state index contributed by atoms with van der Waals surface area (Å²) in [5.41, 5.74) is 2.32. The van der Waals surface area contributed by atoms with E-state index in [1.54, 1.807) is 12.1 Å². The first kappa shape index (κ1) is 22.8. The number of benzene rings is 2. The molecule has 2 atom stereocenters. The average Bonchev–Trinajstić information content (AvgIpc) is 2.76. The number of piperidine rings is 1. The van der Waals surface area contributed by atoms with Crippen molar-refractivity contribution in [2.24, 2.45) is 11.3 Å². The van der Waals surface area contributed by atoms with E-state index in [9.17, 15) is 15.0 Å². The van der Waals surface area contributed by atoms with Gasteiger partial charge >= 0.3 is 6.09 Å². The molecule has 1 fully saturated rings. The maximum Gasteiger partial charge on any atom is 0.404 e. The zero-order valence-electron chi connectivity index (χ0n) is 19.7. The number of nitrogens with one attached hydrogen (secondary N) is 1. The standard InChI is InChI=1S/C26H32N4O3/c1-16-11-12-18-20(14-16)27-23(19-9-5-6-10-21(19)31)29-24(18)30-13-7-8-17(15-30)22(26(2,3)4)28-25(32)33/h5-6,9-12,14,17,22,28,31H,7-8,13,15H2,1-4H3,(H,32,33)/t17-,22?/m0/s1. The minimum absolute atomic E-state index is 0.144. The minimum atomic E-state index is -0.989. The van der Waals surface area contributed by atoms with Crippen LogP contribution in [0.1, 0.15) is 39.2 Å². The van der Waals surface area contributed by atoms with Gasteiger partial charge in [-0.15, -0.1) is 0 Å². The number of para-hydroxylation sites is 1. The third-order valence-corrected chi connectivity index (χ3v) is 6.42. The summed E-state index contributed by atoms with van der Waals surface area (Å²) in [4.78, 5) is 23.5. The minimum Gasteiger partial charge on any atom is -0.507 e. The lowest BCUT2D eigenvalue weighted by Crippen LogP contribution is -2.53. The lowest BCUT2D eigenvalue weighted by Gasteiger charge is -2.42. The summed E-state index contributed by atoms with van der Waals surface area (Å²) in [6.45, 7) is 9.79. The van der Waals surface area contributed by atoms with Crippen molar-refractivity contribution < 1.29 is 15.0 Å². The smallest absolute Gasteiger partial charge is 0.404 e. The summed E-state index contributed by atoms with van der Waals surface area (Å²) in [7, 11) is 0. The molecule has 1 aromatic heterocycles. The number of aromatic nitrogens is 2. The lowest BCUT2D eigenvalue weighted by atomic mass is 9.76. The summed E-state index contributed by atoms with van der Waals surface area (Å²) in [6.07, 6.45) is 0.909. The molecular weight excluding hydrogens is 416 g/mol. The van der Waals surface area contributed by atoms with E-state index in [4.69, 9.17) is 9.97 Å². The van der Waals surface area contributed by atoms with Crippen LogP contribution in [0, 0.1) is 18.3 Å². The maximum absolute atomic E-state index is 11.5. The van der Waals surface area contributed by atoms with Gasteiger partial charge in [0.1, 0.15) is 11.6 Å². The Kier molecular flexibility index (Phi) is 6.15. The molecular formula is C26H32N4O3. The zero-order valence-corrected chi connectivity index (χ0v) is 19.7. The zero-order chi connectivity index (χ0) is 23.8. The first-order valence-electron chi connectivity index (χ1n) is 11.4. The molecule has 2 heterocycles. The summed E-state index contributed by atoms with van der Waals surface area (Å²) < 4.78 is 0. The summed E-state index contributed by atoms with van der Waals surface area (Å²) in [5, 5.41) is 23.6. The average molecular weight is 449 g/mol. The Morgan fingerprint density at radius 3 is 2.64 bits per heavy atom. The highest BCUT2D eigenvalue weighted by Crippen LogP contribution is 2.36. The van der Waals surface area contributed by atoms with Gasteiger partial charge in [0.2, 0.25) is 0 Å². The van der Waals surface area contributed by atoms with Gasteiger partial charge in [-0.3, -0.25) is 0 Å². The summed E-state index contributed by atoms with van der Waals surface area (Å²) in [5.74, 6) is 1.61. The van der Waals surface area contributed by atoms with Crippen LogP contribution in [0.3, 0.4) is 0 Å². The Balaban J connectivity index is 1.78. The predicted octanol–water partition coefficient (Wildman–Crippen LogP) is 5.21. The second-order valence-electron chi connectivity index (χ2n) is 10.1. The molecule has 1 saturated heterocycles. The van der Waals surface area contributed by atoms with Gasteiger partial charge in [-0.1, -0.05) is 39.0 Å². The number of hydrogen-bond acceptors (Lipinski definition) is 5. The number of aryl methyl sites for hydroxylation is 1. The lowest BCUT2D eigenvalue weighted by molar-refractivity contribution is 0.145. The van der Waals surface area contributed by atoms with Crippen molar-refractivity contribution >= 4 is 22.8 Å². The van der Waals surface area contributed by atoms with Gasteiger partial charge in [-0.2, -0.15) is 0 Å². The molecule has 0 bridgehead atoms. The van der Waals surface area contributed by atoms with Crippen molar-refractivity contribution in [1.29, 1.82) is 0 Å². The topological polar surface area (TPSA) is 98.6 Å². The number of amides is 1. The van der Waals surface area contributed by atoms with Crippen LogP contribution < -0.4 is 10.2 Å². The molecule has 7 heteroatoms. The first-order valence-corrected chi connectivity index (χ1v) is 11.4. The Bertz CT molecular complexity index is 1170. The van der Waals surface area contributed by atoms with Gasteiger partial charge in [0.15, 0.2) is 5.82 Å². The van der Waals surface area contributed by atoms with Gasteiger partial charge in [-0.05, 0) is 60.9 Å². The fraction of sp³-hybridized carbons (Fsp3) is 0.423. The fourth-order valence-corrected chi connectivity index (χ4v) is 4.90. The molecule has 1 unspecified atom stereocenters. The van der Waals surface area contributed by atoms with E-state index in [2.05, 4.69) is 43.1 Å². The fourth-order valence-electron chi connectivity index (χ4n) is 4.90. The molecule has 0 spiro atoms. The molecule has 1 aliphatic heterocycles. The molecule has 0 aliphatic carbocycles. The molecule has 174 valence electrons. The summed E-state index contributed by atoms with van der Waals surface area (Å²) in [6, 6.07) is 13.1. The number of phenols is 1. The van der Waals surface area contributed by atoms with Crippen LogP contribution in [0.5, 0.6) is 5.75 Å². The van der Waals surface area contributed by atoms with Crippen LogP contribution in [-0.4, -0.2) is 45.4 Å². The number of hydrogen-bond donors (Lipinski definition) is 3. The van der Waals surface area contributed by atoms with Crippen molar-refractivity contribution in [2.45, 2.75) is 46.6 Å². The number of phenolic OH excluding ortho intramolecular Hbond substituents is 1. The van der Waals surface area contributed by atoms with Crippen LogP contribution in [0.25, 0.3) is 22.3 Å². The van der Waals surface area contributed by atoms with Gasteiger partial charge in [0.25, 0.3) is 0 Å². The molecule has 3 N–H and O–H groups in total. The number of rotatable bonds is 4. The van der Waals surface area contributed by atoms with Crippen molar-refractivity contribution in [2.75, 3.05) is 18.0 Å². The third-order valence-electron chi connectivity index (χ3n) is 6.42. The van der Waals surface area contributed by atoms with E-state index in [0.717, 1.165) is 41.7 Å². The van der Waals surface area contributed by atoms with Crippen LogP contribution in [0.2, 0.25) is 0 Å². The number of nitrogens with zero attached hydrogens (tertiary/aromatic N) is 3. The molecule has 33 heavy (non-hydrogen) atoms. The Morgan fingerprint density at radius 2 is 1.94 bits per heavy atom. The van der Waals surface area contributed by atoms with Gasteiger partial charge < -0.3 is 20.4 Å². The third kappa shape index (κ3) is 4.87.